The van der Waals surface area contributed by atoms with Crippen LogP contribution in [0.4, 0.5) is 0 Å². The van der Waals surface area contributed by atoms with E-state index in [9.17, 15) is 14.7 Å². The van der Waals surface area contributed by atoms with Crippen LogP contribution in [0.3, 0.4) is 0 Å². The highest BCUT2D eigenvalue weighted by Gasteiger charge is 2.47. The Kier molecular flexibility index (Phi) is 8.33. The summed E-state index contributed by atoms with van der Waals surface area (Å²) in [7, 11) is -1.39. The van der Waals surface area contributed by atoms with Crippen molar-refractivity contribution in [1.29, 1.82) is 0 Å². The maximum atomic E-state index is 12.1. The first-order chi connectivity index (χ1) is 11.6. The third kappa shape index (κ3) is 5.95. The number of hydrogen-bond donors (Lipinski definition) is 6. The minimum Gasteiger partial charge on any atom is -0.480 e. The Labute approximate surface area is 149 Å². The summed E-state index contributed by atoms with van der Waals surface area (Å²) < 4.78 is 0. The van der Waals surface area contributed by atoms with Crippen LogP contribution in [0.5, 0.6) is 0 Å². The summed E-state index contributed by atoms with van der Waals surface area (Å²) in [5.74, 6) is -1.69. The molecule has 1 rings (SSSR count). The minimum atomic E-state index is -1.43. The average Bonchev–Trinajstić information content (AvgIpc) is 2.57. The molecule has 9 heteroatoms. The molecule has 0 bridgehead atoms. The van der Waals surface area contributed by atoms with Crippen LogP contribution in [0.25, 0.3) is 0 Å². The summed E-state index contributed by atoms with van der Waals surface area (Å²) in [5.41, 5.74) is 10.6. The van der Waals surface area contributed by atoms with Crippen molar-refractivity contribution in [2.45, 2.75) is 63.9 Å². The highest BCUT2D eigenvalue weighted by molar-refractivity contribution is 6.40. The smallest absolute Gasteiger partial charge is 0.451 e. The summed E-state index contributed by atoms with van der Waals surface area (Å²) >= 11 is 0. The van der Waals surface area contributed by atoms with E-state index in [2.05, 4.69) is 5.32 Å². The molecule has 8 N–H and O–H groups in total. The molecule has 25 heavy (non-hydrogen) atoms. The average molecular weight is 357 g/mol. The second kappa shape index (κ2) is 9.52. The van der Waals surface area contributed by atoms with Crippen LogP contribution in [0.15, 0.2) is 0 Å². The lowest BCUT2D eigenvalue weighted by atomic mass is 9.66. The number of nitrogens with two attached hydrogens (primary N) is 2. The Morgan fingerprint density at radius 1 is 1.36 bits per heavy atom. The van der Waals surface area contributed by atoms with Crippen LogP contribution in [0.1, 0.15) is 46.0 Å². The minimum absolute atomic E-state index is 0.0252. The quantitative estimate of drug-likeness (QED) is 0.304. The molecule has 0 heterocycles. The Morgan fingerprint density at radius 3 is 2.52 bits per heavy atom. The highest BCUT2D eigenvalue weighted by Crippen LogP contribution is 2.38. The van der Waals surface area contributed by atoms with E-state index in [-0.39, 0.29) is 42.9 Å². The van der Waals surface area contributed by atoms with E-state index in [1.807, 2.05) is 13.8 Å². The lowest BCUT2D eigenvalue weighted by molar-refractivity contribution is -0.148. The molecule has 0 aromatic heterocycles. The number of carbonyl (C=O) groups is 2. The first kappa shape index (κ1) is 21.9. The predicted molar refractivity (Wildman–Crippen MR) is 95.4 cm³/mol. The zero-order valence-electron chi connectivity index (χ0n) is 15.1. The Hall–Kier alpha value is -1.16. The van der Waals surface area contributed by atoms with Crippen molar-refractivity contribution in [3.63, 3.8) is 0 Å². The summed E-state index contributed by atoms with van der Waals surface area (Å²) in [4.78, 5) is 23.9. The van der Waals surface area contributed by atoms with E-state index in [0.29, 0.717) is 12.8 Å². The second-order valence-electron chi connectivity index (χ2n) is 7.40. The SMILES string of the molecule is CC[C@H](C)[C@H](N)C(=O)NC[C@@H]1CC[C@@H](CCB(O)O)C[C@]1(N)C(=O)O. The number of amides is 1. The number of carboxylic acids is 1. The molecule has 0 aromatic rings. The second-order valence-corrected chi connectivity index (χ2v) is 7.40. The van der Waals surface area contributed by atoms with E-state index in [1.165, 1.54) is 0 Å². The summed E-state index contributed by atoms with van der Waals surface area (Å²) in [5, 5.41) is 30.3. The normalized spacial score (nSPS) is 28.9. The lowest BCUT2D eigenvalue weighted by Crippen LogP contribution is -2.60. The van der Waals surface area contributed by atoms with Crippen molar-refractivity contribution in [3.8, 4) is 0 Å². The molecule has 0 spiro atoms. The van der Waals surface area contributed by atoms with Gasteiger partial charge in [0, 0.05) is 12.5 Å². The highest BCUT2D eigenvalue weighted by atomic mass is 16.4. The fraction of sp³-hybridized carbons (Fsp3) is 0.875. The monoisotopic (exact) mass is 357 g/mol. The standard InChI is InChI=1S/C16H32BN3O5/c1-3-10(2)13(18)14(21)20-9-12-5-4-11(6-7-17(24)25)8-16(12,19)15(22)23/h10-13,24-25H,3-9,18-19H2,1-2H3,(H,20,21)(H,22,23)/t10-,11-,12-,13-,16+/m0/s1. The Morgan fingerprint density at radius 2 is 2.00 bits per heavy atom. The Bertz CT molecular complexity index is 465. The molecular formula is C16H32BN3O5. The van der Waals surface area contributed by atoms with Crippen LogP contribution in [-0.2, 0) is 9.59 Å². The summed E-state index contributed by atoms with van der Waals surface area (Å²) in [6.07, 6.45) is 3.07. The van der Waals surface area contributed by atoms with Crippen LogP contribution in [-0.4, -0.2) is 52.3 Å². The van der Waals surface area contributed by atoms with E-state index >= 15 is 0 Å². The van der Waals surface area contributed by atoms with Gasteiger partial charge in [0.05, 0.1) is 6.04 Å². The van der Waals surface area contributed by atoms with Crippen LogP contribution in [0.2, 0.25) is 6.32 Å². The van der Waals surface area contributed by atoms with Crippen molar-refractivity contribution >= 4 is 19.0 Å². The third-order valence-corrected chi connectivity index (χ3v) is 5.59. The zero-order chi connectivity index (χ0) is 19.2. The molecule has 1 fully saturated rings. The number of rotatable bonds is 9. The van der Waals surface area contributed by atoms with E-state index in [0.717, 1.165) is 12.8 Å². The zero-order valence-corrected chi connectivity index (χ0v) is 15.1. The van der Waals surface area contributed by atoms with Gasteiger partial charge in [0.25, 0.3) is 0 Å². The van der Waals surface area contributed by atoms with E-state index in [1.54, 1.807) is 0 Å². The van der Waals surface area contributed by atoms with Gasteiger partial charge in [-0.1, -0.05) is 26.7 Å². The molecule has 0 radical (unpaired) electrons. The van der Waals surface area contributed by atoms with Gasteiger partial charge in [-0.05, 0) is 37.4 Å². The van der Waals surface area contributed by atoms with Crippen molar-refractivity contribution in [2.75, 3.05) is 6.54 Å². The predicted octanol–water partition coefficient (Wildman–Crippen LogP) is -0.463. The number of carbonyl (C=O) groups excluding carboxylic acids is 1. The molecule has 1 saturated carbocycles. The lowest BCUT2D eigenvalue weighted by Gasteiger charge is -2.41. The summed E-state index contributed by atoms with van der Waals surface area (Å²) in [6.45, 7) is 4.04. The molecule has 1 aliphatic carbocycles. The van der Waals surface area contributed by atoms with Gasteiger partial charge in [-0.25, -0.2) is 0 Å². The molecule has 1 aliphatic rings. The van der Waals surface area contributed by atoms with Gasteiger partial charge < -0.3 is 31.9 Å². The molecule has 1 amide bonds. The molecule has 144 valence electrons. The van der Waals surface area contributed by atoms with Gasteiger partial charge in [-0.15, -0.1) is 0 Å². The number of hydrogen-bond acceptors (Lipinski definition) is 6. The first-order valence-corrected chi connectivity index (χ1v) is 9.03. The van der Waals surface area contributed by atoms with E-state index < -0.39 is 24.7 Å². The van der Waals surface area contributed by atoms with Crippen molar-refractivity contribution in [3.05, 3.63) is 0 Å². The third-order valence-electron chi connectivity index (χ3n) is 5.59. The molecule has 0 aromatic carbocycles. The molecule has 0 aliphatic heterocycles. The fourth-order valence-electron chi connectivity index (χ4n) is 3.47. The van der Waals surface area contributed by atoms with Crippen molar-refractivity contribution in [2.24, 2.45) is 29.2 Å². The van der Waals surface area contributed by atoms with Crippen LogP contribution in [0, 0.1) is 17.8 Å². The van der Waals surface area contributed by atoms with Gasteiger partial charge >= 0.3 is 13.1 Å². The Balaban J connectivity index is 2.67. The molecule has 0 unspecified atom stereocenters. The fourth-order valence-corrected chi connectivity index (χ4v) is 3.47. The number of aliphatic carboxylic acids is 1. The largest absolute Gasteiger partial charge is 0.480 e. The number of carboxylic acid groups (broad SMARTS) is 1. The van der Waals surface area contributed by atoms with Gasteiger partial charge in [-0.2, -0.15) is 0 Å². The summed E-state index contributed by atoms with van der Waals surface area (Å²) in [6, 6.07) is -0.621. The topological polar surface area (TPSA) is 159 Å². The van der Waals surface area contributed by atoms with E-state index in [4.69, 9.17) is 21.5 Å². The maximum Gasteiger partial charge on any atom is 0.451 e. The molecule has 5 atom stereocenters. The van der Waals surface area contributed by atoms with Crippen molar-refractivity contribution in [1.82, 2.24) is 5.32 Å². The van der Waals surface area contributed by atoms with Gasteiger partial charge in [0.15, 0.2) is 0 Å². The van der Waals surface area contributed by atoms with Gasteiger partial charge in [0.1, 0.15) is 5.54 Å². The molecule has 0 saturated heterocycles. The first-order valence-electron chi connectivity index (χ1n) is 9.03. The van der Waals surface area contributed by atoms with Crippen LogP contribution >= 0.6 is 0 Å². The van der Waals surface area contributed by atoms with Gasteiger partial charge in [0.2, 0.25) is 5.91 Å². The maximum absolute atomic E-state index is 12.1. The molecule has 8 nitrogen and oxygen atoms in total. The van der Waals surface area contributed by atoms with Crippen LogP contribution < -0.4 is 16.8 Å². The number of nitrogens with one attached hydrogen (secondary N) is 1. The van der Waals surface area contributed by atoms with Crippen molar-refractivity contribution < 1.29 is 24.7 Å². The van der Waals surface area contributed by atoms with Gasteiger partial charge in [-0.3, -0.25) is 9.59 Å². The molecular weight excluding hydrogens is 325 g/mol.